The van der Waals surface area contributed by atoms with Crippen LogP contribution in [-0.2, 0) is 5.41 Å². The first-order valence-electron chi connectivity index (χ1n) is 20.1. The zero-order chi connectivity index (χ0) is 39.8. The number of fused-ring (bicyclic) bond motifs is 7. The largest absolute Gasteiger partial charge is 0.457 e. The van der Waals surface area contributed by atoms with Crippen molar-refractivity contribution < 1.29 is 4.74 Å². The van der Waals surface area contributed by atoms with Crippen molar-refractivity contribution in [1.29, 1.82) is 0 Å². The van der Waals surface area contributed by atoms with Gasteiger partial charge in [-0.25, -0.2) is 4.98 Å². The number of hydrogen-bond donors (Lipinski definition) is 0. The highest BCUT2D eigenvalue weighted by Gasteiger charge is 2.37. The highest BCUT2D eigenvalue weighted by Crippen LogP contribution is 2.46. The molecule has 0 amide bonds. The number of hydrogen-bond acceptors (Lipinski definition) is 5. The first kappa shape index (κ1) is 36.0. The van der Waals surface area contributed by atoms with Gasteiger partial charge in [-0.1, -0.05) is 106 Å². The second-order valence-electron chi connectivity index (χ2n) is 17.3. The predicted octanol–water partition coefficient (Wildman–Crippen LogP) is 14.0. The molecule has 0 N–H and O–H groups in total. The summed E-state index contributed by atoms with van der Waals surface area (Å²) in [5.74, 6) is 2.45. The quantitative estimate of drug-likeness (QED) is 0.168. The lowest BCUT2D eigenvalue weighted by atomic mass is 9.88. The van der Waals surface area contributed by atoms with Crippen LogP contribution in [0.2, 0.25) is 0 Å². The first-order chi connectivity index (χ1) is 28.0. The topological polar surface area (TPSA) is 33.5 Å². The van der Waals surface area contributed by atoms with Crippen molar-refractivity contribution in [3.05, 3.63) is 175 Å². The summed E-state index contributed by atoms with van der Waals surface area (Å²) in [5.41, 5.74) is 9.14. The molecule has 0 bridgehead atoms. The van der Waals surface area contributed by atoms with Crippen LogP contribution in [0.1, 0.15) is 58.2 Å². The maximum absolute atomic E-state index is 6.85. The van der Waals surface area contributed by atoms with E-state index >= 15 is 0 Å². The molecular weight excluding hydrogens is 729 g/mol. The Hall–Kier alpha value is -6.37. The highest BCUT2D eigenvalue weighted by atomic mass is 32.1. The standard InChI is InChI=1S/C52H46N4OS/c1-51(2,3)36-28-29-53-46(30-36)56-42-26-27-45-48(41-22-13-14-23-44(41)58-45)47(42)40-25-24-39(32-43(40)56)57-38-21-15-20-37(31-38)54-33-55(52(4,5)6)50(35-18-11-8-12-19-35)49(54)34-16-9-7-10-17-34/h7-32H,33H2,1-6H3. The molecular formula is C52H46N4OS. The molecule has 0 saturated heterocycles. The monoisotopic (exact) mass is 774 g/mol. The molecule has 0 unspecified atom stereocenters. The fraction of sp³-hybridized carbons (Fsp3) is 0.173. The number of ether oxygens (including phenoxy) is 1. The van der Waals surface area contributed by atoms with Crippen LogP contribution in [0.4, 0.5) is 5.69 Å². The summed E-state index contributed by atoms with van der Waals surface area (Å²) >= 11 is 1.85. The molecule has 0 radical (unpaired) electrons. The van der Waals surface area contributed by atoms with Crippen LogP contribution in [0.3, 0.4) is 0 Å². The van der Waals surface area contributed by atoms with E-state index in [1.807, 2.05) is 17.5 Å². The van der Waals surface area contributed by atoms with Gasteiger partial charge in [0.25, 0.3) is 0 Å². The highest BCUT2D eigenvalue weighted by molar-refractivity contribution is 7.26. The average Bonchev–Trinajstić information content (AvgIpc) is 3.91. The van der Waals surface area contributed by atoms with Crippen LogP contribution in [0, 0.1) is 0 Å². The first-order valence-corrected chi connectivity index (χ1v) is 20.9. The van der Waals surface area contributed by atoms with Crippen LogP contribution in [-0.4, -0.2) is 26.7 Å². The molecule has 0 aliphatic carbocycles. The summed E-state index contributed by atoms with van der Waals surface area (Å²) in [7, 11) is 0. The summed E-state index contributed by atoms with van der Waals surface area (Å²) < 4.78 is 11.8. The van der Waals surface area contributed by atoms with Gasteiger partial charge in [-0.15, -0.1) is 11.3 Å². The molecule has 1 aliphatic rings. The Balaban J connectivity index is 1.11. The maximum Gasteiger partial charge on any atom is 0.137 e. The van der Waals surface area contributed by atoms with Crippen molar-refractivity contribution in [2.75, 3.05) is 11.6 Å². The fourth-order valence-electron chi connectivity index (χ4n) is 8.54. The molecule has 0 spiro atoms. The molecule has 6 aromatic carbocycles. The number of aromatic nitrogens is 2. The van der Waals surface area contributed by atoms with E-state index in [1.165, 1.54) is 59.0 Å². The van der Waals surface area contributed by atoms with Crippen molar-refractivity contribution in [2.24, 2.45) is 0 Å². The second kappa shape index (κ2) is 13.6. The minimum Gasteiger partial charge on any atom is -0.457 e. The molecule has 10 rings (SSSR count). The lowest BCUT2D eigenvalue weighted by molar-refractivity contribution is 0.237. The van der Waals surface area contributed by atoms with Gasteiger partial charge in [0.2, 0.25) is 0 Å². The lowest BCUT2D eigenvalue weighted by Crippen LogP contribution is -2.41. The van der Waals surface area contributed by atoms with Crippen LogP contribution < -0.4 is 9.64 Å². The molecule has 1 aliphatic heterocycles. The summed E-state index contributed by atoms with van der Waals surface area (Å²) in [5, 5.41) is 5.00. The predicted molar refractivity (Wildman–Crippen MR) is 245 cm³/mol. The molecule has 0 fully saturated rings. The van der Waals surface area contributed by atoms with E-state index in [-0.39, 0.29) is 11.0 Å². The van der Waals surface area contributed by atoms with Crippen molar-refractivity contribution >= 4 is 70.4 Å². The van der Waals surface area contributed by atoms with Crippen LogP contribution >= 0.6 is 11.3 Å². The Bertz CT molecular complexity index is 3040. The smallest absolute Gasteiger partial charge is 0.137 e. The number of thiophene rings is 1. The Morgan fingerprint density at radius 1 is 0.569 bits per heavy atom. The Kier molecular flexibility index (Phi) is 8.46. The maximum atomic E-state index is 6.85. The van der Waals surface area contributed by atoms with Gasteiger partial charge in [0.05, 0.1) is 29.1 Å². The van der Waals surface area contributed by atoms with Crippen molar-refractivity contribution in [2.45, 2.75) is 52.5 Å². The number of rotatable bonds is 6. The molecule has 4 heterocycles. The van der Waals surface area contributed by atoms with Gasteiger partial charge in [0, 0.05) is 71.6 Å². The van der Waals surface area contributed by atoms with Gasteiger partial charge in [-0.05, 0) is 86.3 Å². The summed E-state index contributed by atoms with van der Waals surface area (Å²) in [6.07, 6.45) is 1.94. The number of benzene rings is 6. The van der Waals surface area contributed by atoms with Crippen LogP contribution in [0.15, 0.2) is 158 Å². The Morgan fingerprint density at radius 3 is 2.02 bits per heavy atom. The van der Waals surface area contributed by atoms with Gasteiger partial charge in [0.15, 0.2) is 0 Å². The summed E-state index contributed by atoms with van der Waals surface area (Å²) in [4.78, 5) is 9.94. The van der Waals surface area contributed by atoms with Gasteiger partial charge in [-0.3, -0.25) is 4.57 Å². The van der Waals surface area contributed by atoms with Gasteiger partial charge < -0.3 is 14.5 Å². The van der Waals surface area contributed by atoms with Gasteiger partial charge in [0.1, 0.15) is 17.3 Å². The van der Waals surface area contributed by atoms with E-state index in [9.17, 15) is 0 Å². The van der Waals surface area contributed by atoms with Crippen molar-refractivity contribution in [1.82, 2.24) is 14.5 Å². The van der Waals surface area contributed by atoms with E-state index in [2.05, 4.69) is 208 Å². The van der Waals surface area contributed by atoms with Crippen LogP contribution in [0.25, 0.3) is 59.2 Å². The van der Waals surface area contributed by atoms with Gasteiger partial charge >= 0.3 is 0 Å². The zero-order valence-electron chi connectivity index (χ0n) is 33.8. The van der Waals surface area contributed by atoms with E-state index in [1.54, 1.807) is 0 Å². The van der Waals surface area contributed by atoms with Crippen molar-refractivity contribution in [3.63, 3.8) is 0 Å². The third-order valence-electron chi connectivity index (χ3n) is 11.4. The molecule has 0 saturated carbocycles. The molecule has 6 heteroatoms. The number of anilines is 1. The van der Waals surface area contributed by atoms with Crippen molar-refractivity contribution in [3.8, 4) is 17.3 Å². The van der Waals surface area contributed by atoms with E-state index in [0.29, 0.717) is 6.67 Å². The van der Waals surface area contributed by atoms with Gasteiger partial charge in [-0.2, -0.15) is 0 Å². The molecule has 0 atom stereocenters. The third kappa shape index (κ3) is 6.11. The molecule has 286 valence electrons. The SMILES string of the molecule is CC(C)(C)c1ccnc(-n2c3cc(Oc4cccc(N5CN(C(C)(C)C)C(c6ccccc6)=C5c5ccccc5)c4)ccc3c3c4c(ccc32)sc2ccccc24)c1. The van der Waals surface area contributed by atoms with E-state index in [4.69, 9.17) is 9.72 Å². The van der Waals surface area contributed by atoms with E-state index < -0.39 is 0 Å². The van der Waals surface area contributed by atoms with Crippen LogP contribution in [0.5, 0.6) is 11.5 Å². The molecule has 58 heavy (non-hydrogen) atoms. The average molecular weight is 775 g/mol. The Labute approximate surface area is 344 Å². The fourth-order valence-corrected chi connectivity index (χ4v) is 9.66. The lowest BCUT2D eigenvalue weighted by Gasteiger charge is -2.36. The zero-order valence-corrected chi connectivity index (χ0v) is 34.6. The third-order valence-corrected chi connectivity index (χ3v) is 12.5. The summed E-state index contributed by atoms with van der Waals surface area (Å²) in [6.45, 7) is 14.3. The Morgan fingerprint density at radius 2 is 1.28 bits per heavy atom. The normalized spacial score (nSPS) is 13.8. The molecule has 9 aromatic rings. The molecule has 5 nitrogen and oxygen atoms in total. The number of pyridine rings is 1. The summed E-state index contributed by atoms with van der Waals surface area (Å²) in [6, 6.07) is 54.3. The minimum absolute atomic E-state index is 0.0246. The second-order valence-corrected chi connectivity index (χ2v) is 18.4. The minimum atomic E-state index is -0.121. The number of nitrogens with zero attached hydrogens (tertiary/aromatic N) is 4. The molecule has 3 aromatic heterocycles. The van der Waals surface area contributed by atoms with E-state index in [0.717, 1.165) is 34.0 Å².